The zero-order chi connectivity index (χ0) is 18.2. The Bertz CT molecular complexity index is 1000. The summed E-state index contributed by atoms with van der Waals surface area (Å²) in [6, 6.07) is 29.9. The molecular formula is C25H23Cl2HfSi. The van der Waals surface area contributed by atoms with Gasteiger partial charge in [0.25, 0.3) is 0 Å². The van der Waals surface area contributed by atoms with Crippen molar-refractivity contribution in [2.75, 3.05) is 0 Å². The van der Waals surface area contributed by atoms with Crippen molar-refractivity contribution >= 4 is 11.2 Å². The van der Waals surface area contributed by atoms with E-state index in [9.17, 15) is 0 Å². The first-order chi connectivity index (χ1) is 13.3. The van der Waals surface area contributed by atoms with E-state index >= 15 is 0 Å². The largest absolute Gasteiger partial charge is 1.00 e. The predicted octanol–water partition coefficient (Wildman–Crippen LogP) is -0.513. The number of halogens is 2. The second-order valence-corrected chi connectivity index (χ2v) is 31.7. The second-order valence-electron chi connectivity index (χ2n) is 7.52. The Morgan fingerprint density at radius 1 is 0.759 bits per heavy atom. The van der Waals surface area contributed by atoms with Crippen LogP contribution in [0.2, 0.25) is 6.55 Å². The van der Waals surface area contributed by atoms with Crippen molar-refractivity contribution in [1.82, 2.24) is 0 Å². The molecule has 1 unspecified atom stereocenters. The third-order valence-electron chi connectivity index (χ3n) is 6.05. The van der Waals surface area contributed by atoms with Crippen LogP contribution < -0.4 is 30.0 Å². The van der Waals surface area contributed by atoms with Crippen molar-refractivity contribution in [2.45, 2.75) is 16.6 Å². The molecule has 3 aromatic rings. The maximum Gasteiger partial charge on any atom is -1.00 e. The fourth-order valence-electron chi connectivity index (χ4n) is 4.79. The summed E-state index contributed by atoms with van der Waals surface area (Å²) in [7, 11) is 0. The summed E-state index contributed by atoms with van der Waals surface area (Å²) in [6.07, 6.45) is 8.36. The second kappa shape index (κ2) is 9.74. The molecule has 0 spiro atoms. The average molecular weight is 601 g/mol. The summed E-state index contributed by atoms with van der Waals surface area (Å²) in [5.41, 5.74) is 6.20. The van der Waals surface area contributed by atoms with E-state index in [1.54, 1.807) is 16.3 Å². The quantitative estimate of drug-likeness (QED) is 0.354. The van der Waals surface area contributed by atoms with Crippen molar-refractivity contribution < 1.29 is 45.4 Å². The molecule has 0 saturated carbocycles. The van der Waals surface area contributed by atoms with Gasteiger partial charge in [-0.3, -0.25) is 0 Å². The Kier molecular flexibility index (Phi) is 7.56. The number of benzene rings is 3. The first-order valence-electron chi connectivity index (χ1n) is 9.80. The molecular weight excluding hydrogens is 578 g/mol. The summed E-state index contributed by atoms with van der Waals surface area (Å²) in [4.78, 5) is 0. The summed E-state index contributed by atoms with van der Waals surface area (Å²) >= 11 is -2.16. The van der Waals surface area contributed by atoms with Gasteiger partial charge in [-0.15, -0.1) is 0 Å². The van der Waals surface area contributed by atoms with Gasteiger partial charge in [-0.05, 0) is 0 Å². The number of hydrogen-bond donors (Lipinski definition) is 0. The van der Waals surface area contributed by atoms with Crippen molar-refractivity contribution in [3.05, 3.63) is 112 Å². The van der Waals surface area contributed by atoms with Crippen molar-refractivity contribution in [3.8, 4) is 11.1 Å². The SMILES string of the molecule is C[SiH](c1ccccc1)[Hf+2]([C]1=CC=CC1)[CH]1c2ccccc2-c2ccccc21.[Cl-].[Cl-]. The molecule has 0 nitrogen and oxygen atoms in total. The molecule has 4 heteroatoms. The minimum Gasteiger partial charge on any atom is -1.00 e. The van der Waals surface area contributed by atoms with Crippen LogP contribution in [-0.2, 0) is 20.6 Å². The van der Waals surface area contributed by atoms with E-state index in [2.05, 4.69) is 104 Å². The molecule has 3 aromatic carbocycles. The molecule has 0 fully saturated rings. The van der Waals surface area contributed by atoms with Gasteiger partial charge in [0.1, 0.15) is 0 Å². The molecule has 29 heavy (non-hydrogen) atoms. The molecule has 0 bridgehead atoms. The maximum absolute atomic E-state index is 2.64. The van der Waals surface area contributed by atoms with Gasteiger partial charge >= 0.3 is 171 Å². The molecule has 2 aliphatic rings. The van der Waals surface area contributed by atoms with Crippen molar-refractivity contribution in [1.29, 1.82) is 0 Å². The topological polar surface area (TPSA) is 0 Å². The van der Waals surface area contributed by atoms with E-state index in [0.29, 0.717) is 3.67 Å². The molecule has 0 heterocycles. The minimum absolute atomic E-state index is 0. The van der Waals surface area contributed by atoms with Crippen LogP contribution in [0, 0.1) is 0 Å². The van der Waals surface area contributed by atoms with E-state index in [1.807, 2.05) is 3.33 Å². The van der Waals surface area contributed by atoms with Crippen molar-refractivity contribution in [2.24, 2.45) is 0 Å². The van der Waals surface area contributed by atoms with Gasteiger partial charge in [0.05, 0.1) is 0 Å². The molecule has 0 saturated heterocycles. The zero-order valence-corrected chi connectivity index (χ0v) is 22.6. The molecule has 0 amide bonds. The molecule has 2 aliphatic carbocycles. The predicted molar refractivity (Wildman–Crippen MR) is 115 cm³/mol. The first kappa shape index (κ1) is 22.5. The van der Waals surface area contributed by atoms with Gasteiger partial charge in [-0.2, -0.15) is 0 Å². The molecule has 0 aliphatic heterocycles. The number of rotatable bonds is 4. The van der Waals surface area contributed by atoms with Crippen LogP contribution in [0.1, 0.15) is 21.2 Å². The maximum atomic E-state index is 2.64. The van der Waals surface area contributed by atoms with Gasteiger partial charge in [0.15, 0.2) is 0 Å². The third kappa shape index (κ3) is 4.05. The summed E-state index contributed by atoms with van der Waals surface area (Å²) in [5.74, 6) is -0.995. The Labute approximate surface area is 194 Å². The molecule has 1 atom stereocenters. The number of fused-ring (bicyclic) bond motifs is 3. The smallest absolute Gasteiger partial charge is 1.00 e. The monoisotopic (exact) mass is 601 g/mol. The molecule has 0 N–H and O–H groups in total. The van der Waals surface area contributed by atoms with Crippen LogP contribution in [-0.4, -0.2) is 5.98 Å². The Morgan fingerprint density at radius 2 is 1.31 bits per heavy atom. The Balaban J connectivity index is 0.00000120. The molecule has 0 aromatic heterocycles. The molecule has 5 rings (SSSR count). The van der Waals surface area contributed by atoms with E-state index in [-0.39, 0.29) is 24.8 Å². The average Bonchev–Trinajstić information content (AvgIpc) is 3.37. The van der Waals surface area contributed by atoms with E-state index in [4.69, 9.17) is 0 Å². The first-order valence-corrected chi connectivity index (χ1v) is 22.2. The molecule has 0 radical (unpaired) electrons. The number of hydrogen-bond acceptors (Lipinski definition) is 0. The Hall–Kier alpha value is -1.19. The fourth-order valence-corrected chi connectivity index (χ4v) is 36.9. The van der Waals surface area contributed by atoms with Crippen LogP contribution in [0.15, 0.2) is 100 Å². The standard InChI is InChI=1S/C13H9.C7H9Si.C5H5.2ClH.Hf/c1-3-7-12-10(5-1)9-11-6-2-4-8-13(11)12;1-8-7-5-3-2-4-6-7;1-2-4-5-3-1;;;/h1-9H;2-6,8H,1H3;1-3H,4H2;2*1H;/q;;;;;+2/p-2. The van der Waals surface area contributed by atoms with Gasteiger partial charge in [0, 0.05) is 0 Å². The van der Waals surface area contributed by atoms with Gasteiger partial charge in [-0.1, -0.05) is 0 Å². The molecule has 145 valence electrons. The number of allylic oxidation sites excluding steroid dienone is 4. The van der Waals surface area contributed by atoms with E-state index < -0.39 is 26.6 Å². The zero-order valence-electron chi connectivity index (χ0n) is 16.4. The summed E-state index contributed by atoms with van der Waals surface area (Å²) < 4.78 is 2.52. The minimum atomic E-state index is -2.16. The van der Waals surface area contributed by atoms with Crippen LogP contribution >= 0.6 is 0 Å². The normalized spacial score (nSPS) is 14.9. The van der Waals surface area contributed by atoms with Crippen LogP contribution in [0.3, 0.4) is 0 Å². The summed E-state index contributed by atoms with van der Waals surface area (Å²) in [5, 5.41) is 1.66. The van der Waals surface area contributed by atoms with Crippen molar-refractivity contribution in [3.63, 3.8) is 0 Å². The van der Waals surface area contributed by atoms with Crippen LogP contribution in [0.25, 0.3) is 11.1 Å². The summed E-state index contributed by atoms with van der Waals surface area (Å²) in [6.45, 7) is 2.64. The van der Waals surface area contributed by atoms with E-state index in [1.165, 1.54) is 17.5 Å². The van der Waals surface area contributed by atoms with Gasteiger partial charge in [0.2, 0.25) is 0 Å². The third-order valence-corrected chi connectivity index (χ3v) is 36.2. The van der Waals surface area contributed by atoms with Gasteiger partial charge < -0.3 is 24.8 Å². The fraction of sp³-hybridized carbons (Fsp3) is 0.120. The van der Waals surface area contributed by atoms with Gasteiger partial charge in [-0.25, -0.2) is 0 Å². The van der Waals surface area contributed by atoms with Crippen LogP contribution in [0.4, 0.5) is 0 Å². The Morgan fingerprint density at radius 3 is 1.86 bits per heavy atom. The van der Waals surface area contributed by atoms with E-state index in [0.717, 1.165) is 0 Å². The van der Waals surface area contributed by atoms with Crippen LogP contribution in [0.5, 0.6) is 0 Å².